The van der Waals surface area contributed by atoms with Gasteiger partial charge in [-0.3, -0.25) is 0 Å². The highest BCUT2D eigenvalue weighted by atomic mass is 16.6. The molecule has 0 saturated carbocycles. The molecule has 0 unspecified atom stereocenters. The van der Waals surface area contributed by atoms with Crippen molar-refractivity contribution in [3.63, 3.8) is 0 Å². The molecule has 0 saturated heterocycles. The SMILES string of the molecule is Cn1c([N+](=O)[O-])ccc1[N+](=O)[O-]. The van der Waals surface area contributed by atoms with Crippen molar-refractivity contribution in [3.8, 4) is 0 Å². The molecular weight excluding hydrogens is 166 g/mol. The maximum Gasteiger partial charge on any atom is 0.326 e. The summed E-state index contributed by atoms with van der Waals surface area (Å²) >= 11 is 0. The number of nitrogens with zero attached hydrogens (tertiary/aromatic N) is 3. The van der Waals surface area contributed by atoms with Crippen LogP contribution in [-0.2, 0) is 7.05 Å². The Morgan fingerprint density at radius 1 is 1.17 bits per heavy atom. The zero-order chi connectivity index (χ0) is 9.30. The Hall–Kier alpha value is -1.92. The van der Waals surface area contributed by atoms with E-state index in [-0.39, 0.29) is 11.6 Å². The van der Waals surface area contributed by atoms with Gasteiger partial charge in [0, 0.05) is 12.1 Å². The van der Waals surface area contributed by atoms with E-state index in [0.29, 0.717) is 0 Å². The largest absolute Gasteiger partial charge is 0.358 e. The van der Waals surface area contributed by atoms with E-state index in [0.717, 1.165) is 16.7 Å². The molecule has 0 radical (unpaired) electrons. The summed E-state index contributed by atoms with van der Waals surface area (Å²) in [7, 11) is 1.27. The molecular formula is C5H5N3O4. The summed E-state index contributed by atoms with van der Waals surface area (Å²) in [5.74, 6) is -0.580. The fraction of sp³-hybridized carbons (Fsp3) is 0.200. The maximum atomic E-state index is 10.2. The van der Waals surface area contributed by atoms with Crippen LogP contribution in [0, 0.1) is 20.2 Å². The molecule has 0 aromatic carbocycles. The standard InChI is InChI=1S/C5H5N3O4/c1-6-4(7(9)10)2-3-5(6)8(11)12/h2-3H,1H3. The average molecular weight is 171 g/mol. The molecule has 0 bridgehead atoms. The quantitative estimate of drug-likeness (QED) is 0.486. The molecule has 0 aliphatic rings. The van der Waals surface area contributed by atoms with Gasteiger partial charge in [0.1, 0.15) is 0 Å². The monoisotopic (exact) mass is 171 g/mol. The number of aromatic nitrogens is 1. The fourth-order valence-electron chi connectivity index (χ4n) is 0.857. The summed E-state index contributed by atoms with van der Waals surface area (Å²) in [5, 5.41) is 20.4. The summed E-state index contributed by atoms with van der Waals surface area (Å²) in [6, 6.07) is 2.19. The van der Waals surface area contributed by atoms with Gasteiger partial charge in [-0.15, -0.1) is 0 Å². The lowest BCUT2D eigenvalue weighted by Crippen LogP contribution is -2.00. The summed E-state index contributed by atoms with van der Waals surface area (Å²) in [5.41, 5.74) is 0. The van der Waals surface area contributed by atoms with Crippen molar-refractivity contribution in [1.82, 2.24) is 4.57 Å². The van der Waals surface area contributed by atoms with E-state index in [1.54, 1.807) is 0 Å². The van der Waals surface area contributed by atoms with Crippen LogP contribution in [0.5, 0.6) is 0 Å². The third-order valence-corrected chi connectivity index (χ3v) is 1.44. The molecule has 1 rings (SSSR count). The molecule has 0 aliphatic heterocycles. The van der Waals surface area contributed by atoms with Crippen LogP contribution >= 0.6 is 0 Å². The van der Waals surface area contributed by atoms with E-state index in [9.17, 15) is 20.2 Å². The molecule has 12 heavy (non-hydrogen) atoms. The lowest BCUT2D eigenvalue weighted by atomic mass is 10.6. The molecule has 1 heterocycles. The first-order valence-corrected chi connectivity index (χ1v) is 2.98. The van der Waals surface area contributed by atoms with Gasteiger partial charge in [-0.25, -0.2) is 0 Å². The zero-order valence-electron chi connectivity index (χ0n) is 6.13. The van der Waals surface area contributed by atoms with Crippen LogP contribution in [-0.4, -0.2) is 14.4 Å². The molecule has 1 aromatic rings. The van der Waals surface area contributed by atoms with Gasteiger partial charge >= 0.3 is 11.6 Å². The topological polar surface area (TPSA) is 91.2 Å². The molecule has 0 spiro atoms. The summed E-state index contributed by atoms with van der Waals surface area (Å²) in [6.45, 7) is 0. The van der Waals surface area contributed by atoms with Gasteiger partial charge in [-0.1, -0.05) is 0 Å². The van der Waals surface area contributed by atoms with E-state index >= 15 is 0 Å². The number of hydrogen-bond acceptors (Lipinski definition) is 4. The number of hydrogen-bond donors (Lipinski definition) is 0. The third-order valence-electron chi connectivity index (χ3n) is 1.44. The Labute approximate surface area is 66.5 Å². The Morgan fingerprint density at radius 3 is 1.67 bits per heavy atom. The smallest absolute Gasteiger partial charge is 0.326 e. The predicted octanol–water partition coefficient (Wildman–Crippen LogP) is 0.841. The molecule has 0 aliphatic carbocycles. The number of nitro groups is 2. The summed E-state index contributed by atoms with van der Waals surface area (Å²) < 4.78 is 0.917. The first-order valence-electron chi connectivity index (χ1n) is 2.98. The predicted molar refractivity (Wildman–Crippen MR) is 38.7 cm³/mol. The van der Waals surface area contributed by atoms with Crippen molar-refractivity contribution >= 4 is 11.6 Å². The van der Waals surface area contributed by atoms with E-state index < -0.39 is 9.85 Å². The minimum Gasteiger partial charge on any atom is -0.358 e. The van der Waals surface area contributed by atoms with E-state index in [1.165, 1.54) is 7.05 Å². The number of rotatable bonds is 2. The Balaban J connectivity index is 3.22. The second-order valence-electron chi connectivity index (χ2n) is 2.12. The van der Waals surface area contributed by atoms with Gasteiger partial charge in [-0.2, -0.15) is 4.57 Å². The molecule has 64 valence electrons. The van der Waals surface area contributed by atoms with Crippen molar-refractivity contribution < 1.29 is 9.85 Å². The second-order valence-corrected chi connectivity index (χ2v) is 2.12. The van der Waals surface area contributed by atoms with Crippen LogP contribution in [0.4, 0.5) is 11.6 Å². The highest BCUT2D eigenvalue weighted by Crippen LogP contribution is 2.20. The van der Waals surface area contributed by atoms with E-state index in [1.807, 2.05) is 0 Å². The first kappa shape index (κ1) is 8.18. The molecule has 1 aromatic heterocycles. The van der Waals surface area contributed by atoms with Crippen LogP contribution < -0.4 is 0 Å². The lowest BCUT2D eigenvalue weighted by Gasteiger charge is -1.96. The van der Waals surface area contributed by atoms with Crippen LogP contribution in [0.1, 0.15) is 0 Å². The maximum absolute atomic E-state index is 10.2. The minimum absolute atomic E-state index is 0.290. The van der Waals surface area contributed by atoms with E-state index in [2.05, 4.69) is 0 Å². The Bertz CT molecular complexity index is 311. The van der Waals surface area contributed by atoms with Crippen molar-refractivity contribution in [2.45, 2.75) is 0 Å². The van der Waals surface area contributed by atoms with Gasteiger partial charge in [0.05, 0.1) is 7.05 Å². The minimum atomic E-state index is -0.674. The van der Waals surface area contributed by atoms with Crippen molar-refractivity contribution in [2.75, 3.05) is 0 Å². The lowest BCUT2D eigenvalue weighted by molar-refractivity contribution is -0.404. The molecule has 0 atom stereocenters. The van der Waals surface area contributed by atoms with Crippen LogP contribution in [0.2, 0.25) is 0 Å². The third kappa shape index (κ3) is 1.11. The Kier molecular flexibility index (Phi) is 1.78. The van der Waals surface area contributed by atoms with Gasteiger partial charge < -0.3 is 20.2 Å². The first-order chi connectivity index (χ1) is 5.54. The van der Waals surface area contributed by atoms with Gasteiger partial charge in [0.25, 0.3) is 0 Å². The molecule has 0 fully saturated rings. The molecule has 7 heteroatoms. The van der Waals surface area contributed by atoms with Gasteiger partial charge in [0.2, 0.25) is 0 Å². The Morgan fingerprint density at radius 2 is 1.50 bits per heavy atom. The average Bonchev–Trinajstić information content (AvgIpc) is 2.30. The summed E-state index contributed by atoms with van der Waals surface area (Å²) in [6.07, 6.45) is 0. The van der Waals surface area contributed by atoms with Crippen LogP contribution in [0.3, 0.4) is 0 Å². The van der Waals surface area contributed by atoms with Crippen molar-refractivity contribution in [1.29, 1.82) is 0 Å². The van der Waals surface area contributed by atoms with Gasteiger partial charge in [-0.05, 0) is 9.85 Å². The molecule has 7 nitrogen and oxygen atoms in total. The van der Waals surface area contributed by atoms with Crippen molar-refractivity contribution in [3.05, 3.63) is 32.4 Å². The fourth-order valence-corrected chi connectivity index (χ4v) is 0.857. The summed E-state index contributed by atoms with van der Waals surface area (Å²) in [4.78, 5) is 19.1. The molecule has 0 N–H and O–H groups in total. The van der Waals surface area contributed by atoms with Gasteiger partial charge in [0.15, 0.2) is 0 Å². The van der Waals surface area contributed by atoms with Crippen LogP contribution in [0.25, 0.3) is 0 Å². The normalized spacial score (nSPS) is 9.75. The van der Waals surface area contributed by atoms with Crippen LogP contribution in [0.15, 0.2) is 12.1 Å². The van der Waals surface area contributed by atoms with Crippen molar-refractivity contribution in [2.24, 2.45) is 7.05 Å². The highest BCUT2D eigenvalue weighted by Gasteiger charge is 2.17. The molecule has 0 amide bonds. The van der Waals surface area contributed by atoms with E-state index in [4.69, 9.17) is 0 Å². The second kappa shape index (κ2) is 2.61. The highest BCUT2D eigenvalue weighted by molar-refractivity contribution is 5.35. The zero-order valence-corrected chi connectivity index (χ0v) is 6.13.